The van der Waals surface area contributed by atoms with Crippen molar-refractivity contribution >= 4 is 49.6 Å². The van der Waals surface area contributed by atoms with Gasteiger partial charge in [0.25, 0.3) is 5.91 Å². The second kappa shape index (κ2) is 9.99. The number of ether oxygens (including phenoxy) is 1. The molecule has 0 unspecified atom stereocenters. The van der Waals surface area contributed by atoms with Crippen LogP contribution in [0.15, 0.2) is 107 Å². The molecular weight excluding hydrogens is 504 g/mol. The zero-order valence-electron chi connectivity index (χ0n) is 18.6. The Labute approximate surface area is 210 Å². The molecule has 0 saturated carbocycles. The lowest BCUT2D eigenvalue weighted by atomic mass is 10.1. The first kappa shape index (κ1) is 22.6. The molecule has 0 saturated heterocycles. The van der Waals surface area contributed by atoms with Gasteiger partial charge in [0.1, 0.15) is 18.1 Å². The second-order valence-corrected chi connectivity index (χ2v) is 8.94. The number of hydrogen-bond donors (Lipinski definition) is 2. The fraction of sp³-hybridized carbons (Fsp3) is 0.0345. The van der Waals surface area contributed by atoms with Crippen molar-refractivity contribution in [2.75, 3.05) is 0 Å². The highest BCUT2D eigenvalue weighted by atomic mass is 79.9. The molecule has 0 radical (unpaired) electrons. The van der Waals surface area contributed by atoms with Crippen LogP contribution in [-0.2, 0) is 6.61 Å². The number of carbonyl (C=O) groups is 1. The number of nitrogens with one attached hydrogen (secondary N) is 1. The summed E-state index contributed by atoms with van der Waals surface area (Å²) in [6.07, 6.45) is 1.53. The van der Waals surface area contributed by atoms with Crippen molar-refractivity contribution in [2.24, 2.45) is 5.10 Å². The highest BCUT2D eigenvalue weighted by Crippen LogP contribution is 2.26. The average Bonchev–Trinajstić information content (AvgIpc) is 2.87. The number of phenols is 1. The minimum absolute atomic E-state index is 0.0991. The van der Waals surface area contributed by atoms with Gasteiger partial charge in [-0.05, 0) is 57.4 Å². The minimum Gasteiger partial charge on any atom is -0.507 e. The first-order chi connectivity index (χ1) is 17.1. The molecule has 35 heavy (non-hydrogen) atoms. The van der Waals surface area contributed by atoms with E-state index < -0.39 is 5.91 Å². The number of hydrogen-bond acceptors (Lipinski definition) is 4. The highest BCUT2D eigenvalue weighted by Gasteiger charge is 2.12. The van der Waals surface area contributed by atoms with Crippen molar-refractivity contribution in [1.82, 2.24) is 5.43 Å². The molecule has 2 N–H and O–H groups in total. The van der Waals surface area contributed by atoms with E-state index in [1.807, 2.05) is 66.7 Å². The van der Waals surface area contributed by atoms with Crippen LogP contribution in [0.5, 0.6) is 11.5 Å². The Morgan fingerprint density at radius 3 is 2.43 bits per heavy atom. The topological polar surface area (TPSA) is 70.9 Å². The first-order valence-electron chi connectivity index (χ1n) is 11.0. The van der Waals surface area contributed by atoms with Gasteiger partial charge < -0.3 is 9.84 Å². The number of benzene rings is 5. The van der Waals surface area contributed by atoms with E-state index in [4.69, 9.17) is 4.74 Å². The van der Waals surface area contributed by atoms with E-state index in [1.165, 1.54) is 6.21 Å². The standard InChI is InChI=1S/C29H21BrN2O3/c30-24-12-13-28(35-18-22-10-5-9-19-6-3-4-11-25(19)22)23(14-24)17-31-32-29(34)26-15-20-7-1-2-8-21(20)16-27(26)33/h1-17,33H,18H2,(H,32,34). The molecule has 5 aromatic rings. The van der Waals surface area contributed by atoms with Gasteiger partial charge in [-0.15, -0.1) is 0 Å². The molecule has 0 atom stereocenters. The molecular formula is C29H21BrN2O3. The van der Waals surface area contributed by atoms with Crippen LogP contribution < -0.4 is 10.2 Å². The van der Waals surface area contributed by atoms with Crippen LogP contribution in [0.25, 0.3) is 21.5 Å². The fourth-order valence-corrected chi connectivity index (χ4v) is 4.34. The predicted octanol–water partition coefficient (Wildman–Crippen LogP) is 6.80. The van der Waals surface area contributed by atoms with E-state index in [-0.39, 0.29) is 11.3 Å². The molecule has 172 valence electrons. The Morgan fingerprint density at radius 2 is 1.60 bits per heavy atom. The molecule has 6 heteroatoms. The smallest absolute Gasteiger partial charge is 0.275 e. The summed E-state index contributed by atoms with van der Waals surface area (Å²) in [6, 6.07) is 30.7. The van der Waals surface area contributed by atoms with Crippen LogP contribution in [0.2, 0.25) is 0 Å². The Balaban J connectivity index is 1.33. The lowest BCUT2D eigenvalue weighted by molar-refractivity contribution is 0.0952. The summed E-state index contributed by atoms with van der Waals surface area (Å²) in [5.41, 5.74) is 4.43. The number of amides is 1. The fourth-order valence-electron chi connectivity index (χ4n) is 3.96. The van der Waals surface area contributed by atoms with E-state index >= 15 is 0 Å². The molecule has 0 aliphatic carbocycles. The van der Waals surface area contributed by atoms with Gasteiger partial charge in [-0.25, -0.2) is 5.43 Å². The van der Waals surface area contributed by atoms with Gasteiger partial charge in [-0.1, -0.05) is 82.7 Å². The molecule has 5 nitrogen and oxygen atoms in total. The van der Waals surface area contributed by atoms with Crippen LogP contribution in [0.3, 0.4) is 0 Å². The van der Waals surface area contributed by atoms with Gasteiger partial charge in [-0.3, -0.25) is 4.79 Å². The Hall–Kier alpha value is -4.16. The summed E-state index contributed by atoms with van der Waals surface area (Å²) in [7, 11) is 0. The van der Waals surface area contributed by atoms with Gasteiger partial charge >= 0.3 is 0 Å². The molecule has 1 amide bonds. The lowest BCUT2D eigenvalue weighted by Gasteiger charge is -2.11. The van der Waals surface area contributed by atoms with E-state index in [0.717, 1.165) is 31.6 Å². The van der Waals surface area contributed by atoms with E-state index in [1.54, 1.807) is 12.1 Å². The Morgan fingerprint density at radius 1 is 0.886 bits per heavy atom. The van der Waals surface area contributed by atoms with Crippen molar-refractivity contribution in [3.8, 4) is 11.5 Å². The summed E-state index contributed by atoms with van der Waals surface area (Å²) < 4.78 is 6.99. The van der Waals surface area contributed by atoms with Crippen molar-refractivity contribution in [1.29, 1.82) is 0 Å². The molecule has 0 aliphatic heterocycles. The van der Waals surface area contributed by atoms with Crippen molar-refractivity contribution < 1.29 is 14.6 Å². The van der Waals surface area contributed by atoms with Crippen molar-refractivity contribution in [3.63, 3.8) is 0 Å². The van der Waals surface area contributed by atoms with Crippen LogP contribution in [0.1, 0.15) is 21.5 Å². The third-order valence-corrected chi connectivity index (χ3v) is 6.21. The van der Waals surface area contributed by atoms with Crippen LogP contribution in [0, 0.1) is 0 Å². The minimum atomic E-state index is -0.502. The van der Waals surface area contributed by atoms with Crippen molar-refractivity contribution in [3.05, 3.63) is 118 Å². The number of phenolic OH excluding ortho intramolecular Hbond substituents is 1. The normalized spacial score (nSPS) is 11.2. The van der Waals surface area contributed by atoms with Gasteiger partial charge in [0.15, 0.2) is 0 Å². The lowest BCUT2D eigenvalue weighted by Crippen LogP contribution is -2.17. The Kier molecular flexibility index (Phi) is 6.46. The monoisotopic (exact) mass is 524 g/mol. The molecule has 0 aliphatic rings. The number of hydrazone groups is 1. The summed E-state index contributed by atoms with van der Waals surface area (Å²) in [6.45, 7) is 0.390. The molecule has 0 aromatic heterocycles. The number of rotatable bonds is 6. The maximum absolute atomic E-state index is 12.7. The number of carbonyl (C=O) groups excluding carboxylic acids is 1. The maximum Gasteiger partial charge on any atom is 0.275 e. The zero-order chi connectivity index (χ0) is 24.2. The zero-order valence-corrected chi connectivity index (χ0v) is 20.2. The van der Waals surface area contributed by atoms with Gasteiger partial charge in [0.05, 0.1) is 11.8 Å². The maximum atomic E-state index is 12.7. The number of aromatic hydroxyl groups is 1. The van der Waals surface area contributed by atoms with E-state index in [0.29, 0.717) is 17.9 Å². The van der Waals surface area contributed by atoms with E-state index in [2.05, 4.69) is 44.7 Å². The summed E-state index contributed by atoms with van der Waals surface area (Å²) in [5.74, 6) is 0.0309. The van der Waals surface area contributed by atoms with Crippen LogP contribution in [0.4, 0.5) is 0 Å². The largest absolute Gasteiger partial charge is 0.507 e. The van der Waals surface area contributed by atoms with Crippen LogP contribution in [-0.4, -0.2) is 17.2 Å². The molecule has 0 fully saturated rings. The highest BCUT2D eigenvalue weighted by molar-refractivity contribution is 9.10. The Bertz CT molecular complexity index is 1570. The summed E-state index contributed by atoms with van der Waals surface area (Å²) in [4.78, 5) is 12.7. The van der Waals surface area contributed by atoms with E-state index in [9.17, 15) is 9.90 Å². The average molecular weight is 525 g/mol. The number of fused-ring (bicyclic) bond motifs is 2. The SMILES string of the molecule is O=C(NN=Cc1cc(Br)ccc1OCc1cccc2ccccc12)c1cc2ccccc2cc1O. The number of nitrogens with zero attached hydrogens (tertiary/aromatic N) is 1. The third-order valence-electron chi connectivity index (χ3n) is 5.71. The third kappa shape index (κ3) is 5.03. The number of halogens is 1. The summed E-state index contributed by atoms with van der Waals surface area (Å²) in [5, 5.41) is 18.4. The quantitative estimate of drug-likeness (QED) is 0.189. The summed E-state index contributed by atoms with van der Waals surface area (Å²) >= 11 is 3.48. The molecule has 5 rings (SSSR count). The van der Waals surface area contributed by atoms with Gasteiger partial charge in [-0.2, -0.15) is 5.10 Å². The van der Waals surface area contributed by atoms with Crippen LogP contribution >= 0.6 is 15.9 Å². The molecule has 0 bridgehead atoms. The van der Waals surface area contributed by atoms with Gasteiger partial charge in [0.2, 0.25) is 0 Å². The molecule has 0 heterocycles. The van der Waals surface area contributed by atoms with Gasteiger partial charge in [0, 0.05) is 10.0 Å². The molecule has 5 aromatic carbocycles. The molecule has 0 spiro atoms. The second-order valence-electron chi connectivity index (χ2n) is 8.02. The first-order valence-corrected chi connectivity index (χ1v) is 11.8. The van der Waals surface area contributed by atoms with Crippen molar-refractivity contribution in [2.45, 2.75) is 6.61 Å². The predicted molar refractivity (Wildman–Crippen MR) is 143 cm³/mol.